The molecule has 11 heavy (non-hydrogen) atoms. The van der Waals surface area contributed by atoms with Gasteiger partial charge in [-0.15, -0.1) is 3.63 Å². The highest BCUT2D eigenvalue weighted by atomic mass is 32.3. The van der Waals surface area contributed by atoms with Gasteiger partial charge in [0.15, 0.2) is 0 Å². The Morgan fingerprint density at radius 2 is 1.55 bits per heavy atom. The van der Waals surface area contributed by atoms with Crippen LogP contribution in [0.2, 0.25) is 0 Å². The molecule has 0 atom stereocenters. The molecule has 0 aromatic carbocycles. The van der Waals surface area contributed by atoms with Gasteiger partial charge in [-0.25, -0.2) is 0 Å². The molecule has 0 spiro atoms. The lowest BCUT2D eigenvalue weighted by Gasteiger charge is -1.95. The van der Waals surface area contributed by atoms with Gasteiger partial charge in [0, 0.05) is 0 Å². The Hall–Kier alpha value is -0.260. The normalized spacial score (nSPS) is 12.2. The molecule has 0 aromatic heterocycles. The van der Waals surface area contributed by atoms with Crippen LogP contribution in [0.25, 0.3) is 0 Å². The predicted octanol–water partition coefficient (Wildman–Crippen LogP) is -1.14. The fraction of sp³-hybridized carbons (Fsp3) is 1.00. The minimum Gasteiger partial charge on any atom is -0.344 e. The Bertz CT molecular complexity index is 284. The molecule has 70 valence electrons. The van der Waals surface area contributed by atoms with Crippen molar-refractivity contribution in [3.63, 3.8) is 0 Å². The molecule has 0 rings (SSSR count). The largest absolute Gasteiger partial charge is 0.416 e. The molecule has 4 N–H and O–H groups in total. The summed E-state index contributed by atoms with van der Waals surface area (Å²) < 4.78 is 53.8. The van der Waals surface area contributed by atoms with E-state index in [0.29, 0.717) is 7.11 Å². The van der Waals surface area contributed by atoms with Crippen molar-refractivity contribution in [3.05, 3.63) is 0 Å². The van der Waals surface area contributed by atoms with E-state index >= 15 is 0 Å². The van der Waals surface area contributed by atoms with Crippen molar-refractivity contribution in [1.82, 2.24) is 6.15 Å². The Labute approximate surface area is 64.0 Å². The molecule has 0 fully saturated rings. The average molecular weight is 209 g/mol. The molecule has 10 heteroatoms. The lowest BCUT2D eigenvalue weighted by molar-refractivity contribution is 0.309. The summed E-state index contributed by atoms with van der Waals surface area (Å²) in [6, 6.07) is 0. The number of hydrogen-bond acceptors (Lipinski definition) is 7. The zero-order chi connectivity index (χ0) is 8.41. The first kappa shape index (κ1) is 13.3. The molecule has 0 bridgehead atoms. The topological polar surface area (TPSA) is 142 Å². The van der Waals surface area contributed by atoms with Crippen molar-refractivity contribution in [2.75, 3.05) is 7.11 Å². The van der Waals surface area contributed by atoms with Gasteiger partial charge < -0.3 is 6.15 Å². The van der Waals surface area contributed by atoms with E-state index in [1.54, 1.807) is 0 Å². The quantitative estimate of drug-likeness (QED) is 0.555. The summed E-state index contributed by atoms with van der Waals surface area (Å²) in [6.45, 7) is 0. The molecule has 0 aliphatic rings. The van der Waals surface area contributed by atoms with Crippen LogP contribution in [0, 0.1) is 0 Å². The third-order valence-corrected chi connectivity index (χ3v) is 2.14. The Balaban J connectivity index is 0. The summed E-state index contributed by atoms with van der Waals surface area (Å²) in [5.74, 6) is 0. The summed E-state index contributed by atoms with van der Waals surface area (Å²) in [5, 5.41) is 0. The van der Waals surface area contributed by atoms with Crippen molar-refractivity contribution in [3.8, 4) is 0 Å². The van der Waals surface area contributed by atoms with Crippen LogP contribution in [-0.4, -0.2) is 28.5 Å². The summed E-state index contributed by atoms with van der Waals surface area (Å²) >= 11 is 0. The SMILES string of the molecule is COS(=O)(=O)OS(=O)(=O)O.N. The van der Waals surface area contributed by atoms with Crippen LogP contribution < -0.4 is 6.15 Å². The van der Waals surface area contributed by atoms with Crippen LogP contribution in [0.1, 0.15) is 0 Å². The van der Waals surface area contributed by atoms with Gasteiger partial charge in [0.25, 0.3) is 0 Å². The highest BCUT2D eigenvalue weighted by Crippen LogP contribution is 1.97. The van der Waals surface area contributed by atoms with E-state index in [0.717, 1.165) is 0 Å². The minimum atomic E-state index is -5.01. The lowest BCUT2D eigenvalue weighted by Crippen LogP contribution is -2.13. The molecule has 0 saturated heterocycles. The molecular formula is CH7NO7S2. The van der Waals surface area contributed by atoms with Crippen LogP contribution in [0.3, 0.4) is 0 Å². The maximum absolute atomic E-state index is 10.0. The molecule has 0 aromatic rings. The van der Waals surface area contributed by atoms with Crippen molar-refractivity contribution >= 4 is 20.8 Å². The van der Waals surface area contributed by atoms with Crippen molar-refractivity contribution < 1.29 is 29.2 Å². The van der Waals surface area contributed by atoms with E-state index in [2.05, 4.69) is 7.81 Å². The van der Waals surface area contributed by atoms with E-state index in [4.69, 9.17) is 4.55 Å². The van der Waals surface area contributed by atoms with Crippen LogP contribution in [-0.2, 0) is 28.6 Å². The van der Waals surface area contributed by atoms with Crippen LogP contribution in [0.5, 0.6) is 0 Å². The van der Waals surface area contributed by atoms with E-state index in [1.807, 2.05) is 0 Å². The second kappa shape index (κ2) is 3.94. The summed E-state index contributed by atoms with van der Waals surface area (Å²) in [7, 11) is -8.94. The zero-order valence-corrected chi connectivity index (χ0v) is 7.05. The monoisotopic (exact) mass is 209 g/mol. The summed E-state index contributed by atoms with van der Waals surface area (Å²) in [6.07, 6.45) is 0. The highest BCUT2D eigenvalue weighted by Gasteiger charge is 2.18. The maximum Gasteiger partial charge on any atom is 0.416 e. The first-order valence-electron chi connectivity index (χ1n) is 1.76. The minimum absolute atomic E-state index is 0. The van der Waals surface area contributed by atoms with E-state index in [1.165, 1.54) is 0 Å². The fourth-order valence-electron chi connectivity index (χ4n) is 0.133. The van der Waals surface area contributed by atoms with E-state index in [9.17, 15) is 16.8 Å². The highest BCUT2D eigenvalue weighted by molar-refractivity contribution is 7.94. The molecule has 0 amide bonds. The lowest BCUT2D eigenvalue weighted by atomic mass is 11.8. The predicted molar refractivity (Wildman–Crippen MR) is 33.6 cm³/mol. The zero-order valence-electron chi connectivity index (χ0n) is 5.42. The van der Waals surface area contributed by atoms with Gasteiger partial charge in [-0.3, -0.25) is 8.74 Å². The molecule has 0 unspecified atom stereocenters. The van der Waals surface area contributed by atoms with Crippen LogP contribution in [0.15, 0.2) is 0 Å². The van der Waals surface area contributed by atoms with Crippen molar-refractivity contribution in [1.29, 1.82) is 0 Å². The Morgan fingerprint density at radius 3 is 1.64 bits per heavy atom. The molecular weight excluding hydrogens is 202 g/mol. The first-order chi connectivity index (χ1) is 4.27. The Kier molecular flexibility index (Phi) is 4.78. The summed E-state index contributed by atoms with van der Waals surface area (Å²) in [5.41, 5.74) is 0. The second-order valence-electron chi connectivity index (χ2n) is 1.07. The third-order valence-electron chi connectivity index (χ3n) is 0.373. The van der Waals surface area contributed by atoms with Gasteiger partial charge in [0.05, 0.1) is 7.11 Å². The third kappa shape index (κ3) is 7.64. The Morgan fingerprint density at radius 1 is 1.18 bits per heavy atom. The average Bonchev–Trinajstić information content (AvgIpc) is 1.60. The van der Waals surface area contributed by atoms with E-state index < -0.39 is 20.8 Å². The van der Waals surface area contributed by atoms with Crippen molar-refractivity contribution in [2.45, 2.75) is 0 Å². The van der Waals surface area contributed by atoms with Gasteiger partial charge in [0.1, 0.15) is 0 Å². The molecule has 0 aliphatic carbocycles. The standard InChI is InChI=1S/CH4O7S2.H3N/c1-7-10(5,6)8-9(2,3)4;/h1H3,(H,2,3,4);1H3. The first-order valence-corrected chi connectivity index (χ1v) is 4.46. The van der Waals surface area contributed by atoms with E-state index in [-0.39, 0.29) is 6.15 Å². The summed E-state index contributed by atoms with van der Waals surface area (Å²) in [4.78, 5) is 0. The van der Waals surface area contributed by atoms with Gasteiger partial charge in [-0.05, 0) is 0 Å². The number of hydrogen-bond donors (Lipinski definition) is 2. The fourth-order valence-corrected chi connectivity index (χ4v) is 1.20. The van der Waals surface area contributed by atoms with Gasteiger partial charge >= 0.3 is 20.8 Å². The molecule has 0 saturated carbocycles. The van der Waals surface area contributed by atoms with Crippen LogP contribution >= 0.6 is 0 Å². The molecule has 8 nitrogen and oxygen atoms in total. The second-order valence-corrected chi connectivity index (χ2v) is 3.62. The van der Waals surface area contributed by atoms with Crippen LogP contribution in [0.4, 0.5) is 0 Å². The molecule has 0 aliphatic heterocycles. The number of rotatable bonds is 3. The van der Waals surface area contributed by atoms with Crippen molar-refractivity contribution in [2.24, 2.45) is 0 Å². The van der Waals surface area contributed by atoms with Gasteiger partial charge in [0.2, 0.25) is 0 Å². The smallest absolute Gasteiger partial charge is 0.344 e. The molecule has 0 radical (unpaired) electrons. The maximum atomic E-state index is 10.0. The molecule has 0 heterocycles. The van der Waals surface area contributed by atoms with Gasteiger partial charge in [-0.1, -0.05) is 0 Å². The van der Waals surface area contributed by atoms with Gasteiger partial charge in [-0.2, -0.15) is 16.8 Å².